The summed E-state index contributed by atoms with van der Waals surface area (Å²) in [6, 6.07) is 13.3. The lowest BCUT2D eigenvalue weighted by molar-refractivity contribution is -0.128. The van der Waals surface area contributed by atoms with Gasteiger partial charge in [-0.3, -0.25) is 9.59 Å². The van der Waals surface area contributed by atoms with Crippen molar-refractivity contribution in [2.45, 2.75) is 51.3 Å². The Bertz CT molecular complexity index is 1340. The molecule has 1 aromatic heterocycles. The molecule has 3 rings (SSSR count). The Labute approximate surface area is 236 Å². The number of alkyl carbamates (subject to hydrolysis) is 1. The number of carbonyl (C=O) groups is 4. The molecule has 11 nitrogen and oxygen atoms in total. The summed E-state index contributed by atoms with van der Waals surface area (Å²) in [6.07, 6.45) is -0.806. The van der Waals surface area contributed by atoms with E-state index in [1.807, 2.05) is 30.3 Å². The molecular formula is C28H33N5O6S. The smallest absolute Gasteiger partial charge is 0.408 e. The van der Waals surface area contributed by atoms with Crippen molar-refractivity contribution in [3.63, 3.8) is 0 Å². The number of hydrogen-bond acceptors (Lipinski definition) is 9. The lowest BCUT2D eigenvalue weighted by atomic mass is 9.92. The number of esters is 1. The maximum Gasteiger partial charge on any atom is 0.408 e. The first-order valence-electron chi connectivity index (χ1n) is 12.4. The molecule has 0 fully saturated rings. The Balaban J connectivity index is 1.91. The molecule has 2 aromatic carbocycles. The van der Waals surface area contributed by atoms with Crippen molar-refractivity contribution in [3.05, 3.63) is 76.8 Å². The van der Waals surface area contributed by atoms with Gasteiger partial charge >= 0.3 is 12.1 Å². The van der Waals surface area contributed by atoms with Crippen LogP contribution in [0.15, 0.2) is 60.0 Å². The third kappa shape index (κ3) is 8.27. The molecule has 0 spiro atoms. The number of nitrogens with zero attached hydrogens (tertiary/aromatic N) is 1. The van der Waals surface area contributed by atoms with E-state index in [4.69, 9.17) is 10.5 Å². The summed E-state index contributed by atoms with van der Waals surface area (Å²) in [7, 11) is 1.23. The van der Waals surface area contributed by atoms with E-state index in [2.05, 4.69) is 25.7 Å². The molecule has 3 aromatic rings. The molecule has 0 radical (unpaired) electrons. The molecule has 1 heterocycles. The van der Waals surface area contributed by atoms with Crippen molar-refractivity contribution in [1.29, 1.82) is 0 Å². The number of aromatic nitrogens is 1. The number of ether oxygens (including phenoxy) is 2. The van der Waals surface area contributed by atoms with Crippen molar-refractivity contribution in [3.8, 4) is 0 Å². The quantitative estimate of drug-likeness (QED) is 0.223. The van der Waals surface area contributed by atoms with Crippen LogP contribution in [-0.2, 0) is 19.1 Å². The molecule has 0 aliphatic heterocycles. The van der Waals surface area contributed by atoms with Crippen LogP contribution in [0.5, 0.6) is 0 Å². The Morgan fingerprint density at radius 1 is 0.925 bits per heavy atom. The van der Waals surface area contributed by atoms with Gasteiger partial charge in [-0.1, -0.05) is 49.4 Å². The standard InChI is InChI=1S/C28H33N5O6S/c1-16(17-9-7-6-8-10-17)21(23(34)33-26-30-20(15-40-26)25(36)38-5)31-24(35)22(18-11-13-19(29)14-12-18)32-27(37)39-28(2,3)4/h6-16,21-22H,29H2,1-5H3,(H,31,35)(H,32,37)(H,30,33,34)/t16-,21-,22?/m0/s1. The highest BCUT2D eigenvalue weighted by Gasteiger charge is 2.33. The summed E-state index contributed by atoms with van der Waals surface area (Å²) in [4.78, 5) is 55.8. The summed E-state index contributed by atoms with van der Waals surface area (Å²) in [6.45, 7) is 6.91. The second kappa shape index (κ2) is 13.1. The van der Waals surface area contributed by atoms with Gasteiger partial charge in [0.1, 0.15) is 17.7 Å². The highest BCUT2D eigenvalue weighted by molar-refractivity contribution is 7.14. The van der Waals surface area contributed by atoms with E-state index in [0.29, 0.717) is 11.3 Å². The van der Waals surface area contributed by atoms with Crippen molar-refractivity contribution in [2.24, 2.45) is 0 Å². The first-order valence-corrected chi connectivity index (χ1v) is 13.3. The minimum absolute atomic E-state index is 0.0458. The third-order valence-electron chi connectivity index (χ3n) is 5.73. The number of rotatable bonds is 9. The van der Waals surface area contributed by atoms with Gasteiger partial charge in [-0.15, -0.1) is 11.3 Å². The number of nitrogens with two attached hydrogens (primary N) is 1. The van der Waals surface area contributed by atoms with E-state index in [-0.39, 0.29) is 10.8 Å². The molecule has 0 saturated heterocycles. The molecule has 40 heavy (non-hydrogen) atoms. The van der Waals surface area contributed by atoms with Gasteiger partial charge < -0.3 is 31.2 Å². The fourth-order valence-electron chi connectivity index (χ4n) is 3.73. The van der Waals surface area contributed by atoms with Crippen LogP contribution in [0.4, 0.5) is 15.6 Å². The molecule has 0 aliphatic carbocycles. The maximum atomic E-state index is 13.7. The molecule has 0 bridgehead atoms. The number of nitrogen functional groups attached to an aromatic ring is 1. The molecule has 12 heteroatoms. The fourth-order valence-corrected chi connectivity index (χ4v) is 4.41. The summed E-state index contributed by atoms with van der Waals surface area (Å²) >= 11 is 1.04. The van der Waals surface area contributed by atoms with Gasteiger partial charge in [-0.05, 0) is 44.0 Å². The molecule has 212 valence electrons. The lowest BCUT2D eigenvalue weighted by Gasteiger charge is -2.28. The normalized spacial score (nSPS) is 13.3. The van der Waals surface area contributed by atoms with Gasteiger partial charge in [0.05, 0.1) is 7.11 Å². The zero-order chi connectivity index (χ0) is 29.4. The number of anilines is 2. The predicted octanol–water partition coefficient (Wildman–Crippen LogP) is 4.00. The van der Waals surface area contributed by atoms with E-state index in [1.165, 1.54) is 12.5 Å². The number of methoxy groups -OCH3 is 1. The van der Waals surface area contributed by atoms with Crippen molar-refractivity contribution in [2.75, 3.05) is 18.2 Å². The minimum atomic E-state index is -1.19. The van der Waals surface area contributed by atoms with E-state index >= 15 is 0 Å². The van der Waals surface area contributed by atoms with E-state index in [0.717, 1.165) is 16.9 Å². The first kappa shape index (κ1) is 30.1. The van der Waals surface area contributed by atoms with Gasteiger partial charge in [-0.2, -0.15) is 0 Å². The number of nitrogens with one attached hydrogen (secondary N) is 3. The number of thiazole rings is 1. The Hall–Kier alpha value is -4.45. The summed E-state index contributed by atoms with van der Waals surface area (Å²) in [5.74, 6) is -2.34. The van der Waals surface area contributed by atoms with Gasteiger partial charge in [0, 0.05) is 17.0 Å². The third-order valence-corrected chi connectivity index (χ3v) is 6.49. The molecule has 3 atom stereocenters. The largest absolute Gasteiger partial charge is 0.464 e. The van der Waals surface area contributed by atoms with Crippen LogP contribution in [0.2, 0.25) is 0 Å². The zero-order valence-corrected chi connectivity index (χ0v) is 23.7. The molecular weight excluding hydrogens is 534 g/mol. The number of carbonyl (C=O) groups excluding carboxylic acids is 4. The number of amides is 3. The van der Waals surface area contributed by atoms with E-state index in [1.54, 1.807) is 52.0 Å². The predicted molar refractivity (Wildman–Crippen MR) is 152 cm³/mol. The minimum Gasteiger partial charge on any atom is -0.464 e. The van der Waals surface area contributed by atoms with E-state index in [9.17, 15) is 19.2 Å². The van der Waals surface area contributed by atoms with Gasteiger partial charge in [-0.25, -0.2) is 14.6 Å². The first-order chi connectivity index (χ1) is 18.9. The van der Waals surface area contributed by atoms with Crippen LogP contribution >= 0.6 is 11.3 Å². The molecule has 0 saturated carbocycles. The molecule has 3 amide bonds. The average Bonchev–Trinajstić information content (AvgIpc) is 3.38. The highest BCUT2D eigenvalue weighted by Crippen LogP contribution is 2.24. The summed E-state index contributed by atoms with van der Waals surface area (Å²) in [5.41, 5.74) is 6.77. The average molecular weight is 568 g/mol. The molecule has 1 unspecified atom stereocenters. The van der Waals surface area contributed by atoms with Crippen molar-refractivity contribution < 1.29 is 28.7 Å². The molecule has 5 N–H and O–H groups in total. The fraction of sp³-hybridized carbons (Fsp3) is 0.321. The number of benzene rings is 2. The maximum absolute atomic E-state index is 13.7. The van der Waals surface area contributed by atoms with Gasteiger partial charge in [0.25, 0.3) is 0 Å². The van der Waals surface area contributed by atoms with Crippen molar-refractivity contribution >= 4 is 46.0 Å². The lowest BCUT2D eigenvalue weighted by Crippen LogP contribution is -2.51. The van der Waals surface area contributed by atoms with Crippen LogP contribution in [0, 0.1) is 0 Å². The van der Waals surface area contributed by atoms with E-state index < -0.39 is 47.5 Å². The Morgan fingerprint density at radius 2 is 1.57 bits per heavy atom. The van der Waals surface area contributed by atoms with Gasteiger partial charge in [0.15, 0.2) is 10.8 Å². The second-order valence-electron chi connectivity index (χ2n) is 9.95. The monoisotopic (exact) mass is 567 g/mol. The summed E-state index contributed by atoms with van der Waals surface area (Å²) in [5, 5.41) is 9.67. The molecule has 0 aliphatic rings. The highest BCUT2D eigenvalue weighted by atomic mass is 32.1. The van der Waals surface area contributed by atoms with Crippen molar-refractivity contribution in [1.82, 2.24) is 15.6 Å². The van der Waals surface area contributed by atoms with Crippen LogP contribution in [0.3, 0.4) is 0 Å². The SMILES string of the molecule is COC(=O)c1csc(NC(=O)[C@@H](NC(=O)C(NC(=O)OC(C)(C)C)c2ccc(N)cc2)[C@@H](C)c2ccccc2)n1. The topological polar surface area (TPSA) is 162 Å². The van der Waals surface area contributed by atoms with Gasteiger partial charge in [0.2, 0.25) is 11.8 Å². The summed E-state index contributed by atoms with van der Waals surface area (Å²) < 4.78 is 10.0. The van der Waals surface area contributed by atoms with Crippen LogP contribution in [0.1, 0.15) is 61.3 Å². The Morgan fingerprint density at radius 3 is 2.17 bits per heavy atom. The number of hydrogen-bond donors (Lipinski definition) is 4. The second-order valence-corrected chi connectivity index (χ2v) is 10.8. The Kier molecular flexibility index (Phi) is 9.83. The van der Waals surface area contributed by atoms with Crippen LogP contribution < -0.4 is 21.7 Å². The van der Waals surface area contributed by atoms with Crippen LogP contribution in [-0.4, -0.2) is 47.6 Å². The zero-order valence-electron chi connectivity index (χ0n) is 22.9. The van der Waals surface area contributed by atoms with Crippen LogP contribution in [0.25, 0.3) is 0 Å².